The minimum absolute atomic E-state index is 0.124. The predicted octanol–water partition coefficient (Wildman–Crippen LogP) is 3.19. The summed E-state index contributed by atoms with van der Waals surface area (Å²) in [5, 5.41) is 0.643. The van der Waals surface area contributed by atoms with E-state index in [4.69, 9.17) is 28.9 Å². The van der Waals surface area contributed by atoms with Gasteiger partial charge in [0, 0.05) is 31.7 Å². The maximum Gasteiger partial charge on any atom is 0.255 e. The highest BCUT2D eigenvalue weighted by atomic mass is 35.5. The molecular weight excluding hydrogens is 373 g/mol. The third-order valence-electron chi connectivity index (χ3n) is 5.61. The second kappa shape index (κ2) is 7.75. The molecule has 3 rings (SSSR count). The Balaban J connectivity index is 1.63. The maximum atomic E-state index is 12.9. The minimum Gasteiger partial charge on any atom is -0.339 e. The first-order valence-corrected chi connectivity index (χ1v) is 9.88. The number of carbonyl (C=O) groups excluding carboxylic acids is 2. The first-order valence-electron chi connectivity index (χ1n) is 9.12. The van der Waals surface area contributed by atoms with Crippen LogP contribution in [0.3, 0.4) is 0 Å². The number of nitrogens with two attached hydrogens (primary N) is 1. The van der Waals surface area contributed by atoms with Crippen molar-refractivity contribution in [2.75, 3.05) is 26.2 Å². The number of nitrogens with zero attached hydrogens (tertiary/aromatic N) is 2. The van der Waals surface area contributed by atoms with E-state index in [2.05, 4.69) is 0 Å². The molecular formula is C19H25Cl2N3O2. The molecule has 1 aromatic carbocycles. The van der Waals surface area contributed by atoms with Gasteiger partial charge in [0.25, 0.3) is 5.91 Å². The molecule has 2 aliphatic rings. The molecule has 1 saturated heterocycles. The molecule has 0 spiro atoms. The van der Waals surface area contributed by atoms with Crippen molar-refractivity contribution >= 4 is 35.0 Å². The fourth-order valence-electron chi connectivity index (χ4n) is 3.95. The van der Waals surface area contributed by atoms with Crippen LogP contribution in [-0.4, -0.2) is 53.3 Å². The van der Waals surface area contributed by atoms with Crippen LogP contribution in [0.25, 0.3) is 0 Å². The van der Waals surface area contributed by atoms with Gasteiger partial charge in [-0.1, -0.05) is 42.1 Å². The van der Waals surface area contributed by atoms with E-state index in [1.807, 2.05) is 11.8 Å². The van der Waals surface area contributed by atoms with E-state index in [0.29, 0.717) is 36.8 Å². The highest BCUT2D eigenvalue weighted by Crippen LogP contribution is 2.33. The molecule has 142 valence electrons. The summed E-state index contributed by atoms with van der Waals surface area (Å²) in [6, 6.07) is 5.05. The summed E-state index contributed by atoms with van der Waals surface area (Å²) in [5.41, 5.74) is 6.34. The SMILES string of the molecule is CC1(N)CCCCC1C(=O)N1CCN(C(=O)c2cccc(Cl)c2Cl)CC1. The number of carbonyl (C=O) groups is 2. The Morgan fingerprint density at radius 1 is 1.12 bits per heavy atom. The molecule has 1 aliphatic heterocycles. The van der Waals surface area contributed by atoms with Gasteiger partial charge >= 0.3 is 0 Å². The van der Waals surface area contributed by atoms with E-state index in [1.54, 1.807) is 23.1 Å². The lowest BCUT2D eigenvalue weighted by Crippen LogP contribution is -2.57. The Hall–Kier alpha value is -1.30. The first kappa shape index (κ1) is 19.5. The van der Waals surface area contributed by atoms with Gasteiger partial charge in [-0.3, -0.25) is 9.59 Å². The lowest BCUT2D eigenvalue weighted by molar-refractivity contribution is -0.140. The van der Waals surface area contributed by atoms with E-state index in [1.165, 1.54) is 0 Å². The number of piperazine rings is 1. The molecule has 2 N–H and O–H groups in total. The van der Waals surface area contributed by atoms with Crippen molar-refractivity contribution in [1.82, 2.24) is 9.80 Å². The number of hydrogen-bond acceptors (Lipinski definition) is 3. The van der Waals surface area contributed by atoms with Crippen molar-refractivity contribution < 1.29 is 9.59 Å². The number of rotatable bonds is 2. The van der Waals surface area contributed by atoms with E-state index in [9.17, 15) is 9.59 Å². The third kappa shape index (κ3) is 3.85. The van der Waals surface area contributed by atoms with Crippen molar-refractivity contribution in [3.8, 4) is 0 Å². The van der Waals surface area contributed by atoms with Crippen LogP contribution in [0.4, 0.5) is 0 Å². The van der Waals surface area contributed by atoms with Gasteiger partial charge in [0.1, 0.15) is 0 Å². The van der Waals surface area contributed by atoms with Gasteiger partial charge in [0.15, 0.2) is 0 Å². The molecule has 2 unspecified atom stereocenters. The fourth-order valence-corrected chi connectivity index (χ4v) is 4.33. The molecule has 2 fully saturated rings. The average molecular weight is 398 g/mol. The number of amides is 2. The Kier molecular flexibility index (Phi) is 5.80. The zero-order valence-corrected chi connectivity index (χ0v) is 16.5. The number of benzene rings is 1. The largest absolute Gasteiger partial charge is 0.339 e. The smallest absolute Gasteiger partial charge is 0.255 e. The second-order valence-corrected chi connectivity index (χ2v) is 8.31. The molecule has 1 aliphatic carbocycles. The molecule has 2 amide bonds. The van der Waals surface area contributed by atoms with Crippen LogP contribution in [0.5, 0.6) is 0 Å². The first-order chi connectivity index (χ1) is 12.3. The molecule has 1 saturated carbocycles. The van der Waals surface area contributed by atoms with E-state index in [-0.39, 0.29) is 22.8 Å². The summed E-state index contributed by atoms with van der Waals surface area (Å²) >= 11 is 12.2. The second-order valence-electron chi connectivity index (χ2n) is 7.52. The maximum absolute atomic E-state index is 12.9. The van der Waals surface area contributed by atoms with Gasteiger partial charge in [-0.05, 0) is 31.9 Å². The summed E-state index contributed by atoms with van der Waals surface area (Å²) in [6.45, 7) is 4.00. The van der Waals surface area contributed by atoms with Crippen molar-refractivity contribution in [1.29, 1.82) is 0 Å². The topological polar surface area (TPSA) is 66.6 Å². The van der Waals surface area contributed by atoms with Crippen LogP contribution >= 0.6 is 23.2 Å². The molecule has 2 atom stereocenters. The average Bonchev–Trinajstić information content (AvgIpc) is 2.63. The summed E-state index contributed by atoms with van der Waals surface area (Å²) < 4.78 is 0. The quantitative estimate of drug-likeness (QED) is 0.832. The summed E-state index contributed by atoms with van der Waals surface area (Å²) in [7, 11) is 0. The number of halogens is 2. The molecule has 0 radical (unpaired) electrons. The third-order valence-corrected chi connectivity index (χ3v) is 6.43. The van der Waals surface area contributed by atoms with Crippen LogP contribution < -0.4 is 5.73 Å². The van der Waals surface area contributed by atoms with Gasteiger partial charge in [0.05, 0.1) is 21.5 Å². The van der Waals surface area contributed by atoms with Gasteiger partial charge in [-0.15, -0.1) is 0 Å². The van der Waals surface area contributed by atoms with Gasteiger partial charge in [-0.25, -0.2) is 0 Å². The summed E-state index contributed by atoms with van der Waals surface area (Å²) in [4.78, 5) is 29.2. The highest BCUT2D eigenvalue weighted by molar-refractivity contribution is 6.43. The minimum atomic E-state index is -0.434. The van der Waals surface area contributed by atoms with E-state index in [0.717, 1.165) is 25.7 Å². The monoisotopic (exact) mass is 397 g/mol. The molecule has 26 heavy (non-hydrogen) atoms. The van der Waals surface area contributed by atoms with Crippen LogP contribution in [0.1, 0.15) is 43.0 Å². The lowest BCUT2D eigenvalue weighted by Gasteiger charge is -2.42. The fraction of sp³-hybridized carbons (Fsp3) is 0.579. The van der Waals surface area contributed by atoms with Crippen LogP contribution in [0, 0.1) is 5.92 Å². The van der Waals surface area contributed by atoms with Crippen molar-refractivity contribution in [3.63, 3.8) is 0 Å². The van der Waals surface area contributed by atoms with Crippen LogP contribution in [-0.2, 0) is 4.79 Å². The van der Waals surface area contributed by atoms with Crippen molar-refractivity contribution in [2.24, 2.45) is 11.7 Å². The normalized spacial score (nSPS) is 26.7. The highest BCUT2D eigenvalue weighted by Gasteiger charge is 2.40. The standard InChI is InChI=1S/C19H25Cl2N3O2/c1-19(22)8-3-2-6-14(19)18(26)24-11-9-23(10-12-24)17(25)13-5-4-7-15(20)16(13)21/h4-5,7,14H,2-3,6,8-12,22H2,1H3. The molecule has 0 bridgehead atoms. The van der Waals surface area contributed by atoms with Gasteiger partial charge < -0.3 is 15.5 Å². The Labute approximate surface area is 164 Å². The summed E-state index contributed by atoms with van der Waals surface area (Å²) in [5.74, 6) is -0.144. The molecule has 7 heteroatoms. The molecule has 1 aromatic rings. The zero-order chi connectivity index (χ0) is 18.9. The van der Waals surface area contributed by atoms with Crippen molar-refractivity contribution in [2.45, 2.75) is 38.1 Å². The van der Waals surface area contributed by atoms with Crippen molar-refractivity contribution in [3.05, 3.63) is 33.8 Å². The lowest BCUT2D eigenvalue weighted by atomic mass is 9.74. The van der Waals surface area contributed by atoms with Gasteiger partial charge in [-0.2, -0.15) is 0 Å². The zero-order valence-electron chi connectivity index (χ0n) is 15.0. The summed E-state index contributed by atoms with van der Waals surface area (Å²) in [6.07, 6.45) is 3.87. The van der Waals surface area contributed by atoms with E-state index < -0.39 is 5.54 Å². The van der Waals surface area contributed by atoms with Gasteiger partial charge in [0.2, 0.25) is 5.91 Å². The van der Waals surface area contributed by atoms with E-state index >= 15 is 0 Å². The number of hydrogen-bond donors (Lipinski definition) is 1. The molecule has 5 nitrogen and oxygen atoms in total. The molecule has 0 aromatic heterocycles. The Morgan fingerprint density at radius 3 is 2.42 bits per heavy atom. The Morgan fingerprint density at radius 2 is 1.77 bits per heavy atom. The Bertz CT molecular complexity index is 700. The predicted molar refractivity (Wildman–Crippen MR) is 103 cm³/mol. The van der Waals surface area contributed by atoms with Crippen LogP contribution in [0.15, 0.2) is 18.2 Å². The van der Waals surface area contributed by atoms with Crippen LogP contribution in [0.2, 0.25) is 10.0 Å². The molecule has 1 heterocycles.